The number of anilines is 1. The van der Waals surface area contributed by atoms with Crippen LogP contribution in [-0.4, -0.2) is 25.7 Å². The van der Waals surface area contributed by atoms with E-state index in [1.165, 1.54) is 12.8 Å². The average molecular weight is 262 g/mol. The van der Waals surface area contributed by atoms with E-state index in [0.717, 1.165) is 31.2 Å². The summed E-state index contributed by atoms with van der Waals surface area (Å²) in [5, 5.41) is 13.0. The highest BCUT2D eigenvalue weighted by Gasteiger charge is 2.32. The number of piperidine rings is 1. The second-order valence-electron chi connectivity index (χ2n) is 5.12. The van der Waals surface area contributed by atoms with Gasteiger partial charge in [0, 0.05) is 24.8 Å². The third kappa shape index (κ3) is 2.07. The Morgan fingerprint density at radius 1 is 1.39 bits per heavy atom. The van der Waals surface area contributed by atoms with Crippen LogP contribution in [0.3, 0.4) is 0 Å². The lowest BCUT2D eigenvalue weighted by atomic mass is 9.93. The molecule has 1 aromatic rings. The van der Waals surface area contributed by atoms with Crippen molar-refractivity contribution in [2.45, 2.75) is 18.9 Å². The van der Waals surface area contributed by atoms with Gasteiger partial charge in [-0.05, 0) is 43.5 Å². The van der Waals surface area contributed by atoms with E-state index in [0.29, 0.717) is 16.6 Å². The molecule has 0 radical (unpaired) electrons. The Kier molecular flexibility index (Phi) is 3.15. The van der Waals surface area contributed by atoms with Crippen LogP contribution in [0.2, 0.25) is 5.02 Å². The summed E-state index contributed by atoms with van der Waals surface area (Å²) in [6, 6.07) is 8.55. The smallest absolute Gasteiger partial charge is 0.101 e. The van der Waals surface area contributed by atoms with Crippen molar-refractivity contribution in [2.24, 2.45) is 5.92 Å². The van der Waals surface area contributed by atoms with Crippen molar-refractivity contribution in [1.82, 2.24) is 5.32 Å². The van der Waals surface area contributed by atoms with Gasteiger partial charge in [-0.1, -0.05) is 11.6 Å². The van der Waals surface area contributed by atoms with Crippen LogP contribution >= 0.6 is 11.6 Å². The molecule has 0 aromatic heterocycles. The minimum absolute atomic E-state index is 0.554. The predicted octanol–water partition coefficient (Wildman–Crippen LogP) is 2.40. The summed E-state index contributed by atoms with van der Waals surface area (Å²) in [7, 11) is 0. The van der Waals surface area contributed by atoms with Gasteiger partial charge >= 0.3 is 0 Å². The largest absolute Gasteiger partial charge is 0.371 e. The summed E-state index contributed by atoms with van der Waals surface area (Å²) in [5.74, 6) is 0.758. The lowest BCUT2D eigenvalue weighted by Crippen LogP contribution is -2.44. The van der Waals surface area contributed by atoms with Gasteiger partial charge in [0.25, 0.3) is 0 Å². The van der Waals surface area contributed by atoms with Gasteiger partial charge in [-0.15, -0.1) is 0 Å². The Labute approximate surface area is 112 Å². The van der Waals surface area contributed by atoms with E-state index in [9.17, 15) is 0 Å². The molecule has 0 aliphatic carbocycles. The van der Waals surface area contributed by atoms with E-state index in [1.54, 1.807) is 0 Å². The Morgan fingerprint density at radius 3 is 3.06 bits per heavy atom. The van der Waals surface area contributed by atoms with Crippen LogP contribution in [0.25, 0.3) is 0 Å². The number of hydrogen-bond acceptors (Lipinski definition) is 3. The van der Waals surface area contributed by atoms with Crippen molar-refractivity contribution < 1.29 is 0 Å². The molecule has 1 aromatic carbocycles. The molecule has 2 aliphatic heterocycles. The van der Waals surface area contributed by atoms with E-state index in [1.807, 2.05) is 18.2 Å². The summed E-state index contributed by atoms with van der Waals surface area (Å²) in [4.78, 5) is 2.39. The summed E-state index contributed by atoms with van der Waals surface area (Å²) in [6.45, 7) is 3.31. The van der Waals surface area contributed by atoms with Crippen LogP contribution in [0.15, 0.2) is 18.2 Å². The molecule has 3 rings (SSSR count). The summed E-state index contributed by atoms with van der Waals surface area (Å²) < 4.78 is 0. The molecule has 18 heavy (non-hydrogen) atoms. The fourth-order valence-electron chi connectivity index (χ4n) is 3.07. The van der Waals surface area contributed by atoms with Gasteiger partial charge < -0.3 is 10.2 Å². The normalized spacial score (nSPS) is 26.8. The van der Waals surface area contributed by atoms with Gasteiger partial charge in [-0.25, -0.2) is 0 Å². The molecule has 94 valence electrons. The number of nitrogens with zero attached hydrogens (tertiary/aromatic N) is 2. The second-order valence-corrected chi connectivity index (χ2v) is 5.53. The first kappa shape index (κ1) is 11.8. The van der Waals surface area contributed by atoms with E-state index < -0.39 is 0 Å². The third-order valence-corrected chi connectivity index (χ3v) is 4.41. The van der Waals surface area contributed by atoms with Crippen LogP contribution in [0.1, 0.15) is 18.4 Å². The Balaban J connectivity index is 1.79. The summed E-state index contributed by atoms with van der Waals surface area (Å²) >= 11 is 6.10. The first-order valence-corrected chi connectivity index (χ1v) is 6.83. The molecule has 2 atom stereocenters. The van der Waals surface area contributed by atoms with Crippen LogP contribution < -0.4 is 10.2 Å². The molecule has 0 bridgehead atoms. The maximum atomic E-state index is 8.89. The molecular formula is C14H16ClN3. The molecule has 2 saturated heterocycles. The predicted molar refractivity (Wildman–Crippen MR) is 72.9 cm³/mol. The number of rotatable bonds is 1. The number of halogens is 1. The average Bonchev–Trinajstić information content (AvgIpc) is 2.85. The first-order chi connectivity index (χ1) is 8.78. The number of fused-ring (bicyclic) bond motifs is 1. The maximum absolute atomic E-state index is 8.89. The van der Waals surface area contributed by atoms with Crippen LogP contribution in [-0.2, 0) is 0 Å². The van der Waals surface area contributed by atoms with E-state index in [2.05, 4.69) is 16.3 Å². The Hall–Kier alpha value is -1.24. The third-order valence-electron chi connectivity index (χ3n) is 4.09. The van der Waals surface area contributed by atoms with Crippen molar-refractivity contribution >= 4 is 17.3 Å². The van der Waals surface area contributed by atoms with Crippen LogP contribution in [0.5, 0.6) is 0 Å². The monoisotopic (exact) mass is 261 g/mol. The van der Waals surface area contributed by atoms with Gasteiger partial charge in [0.15, 0.2) is 0 Å². The van der Waals surface area contributed by atoms with Gasteiger partial charge in [-0.2, -0.15) is 5.26 Å². The van der Waals surface area contributed by atoms with E-state index in [4.69, 9.17) is 16.9 Å². The zero-order valence-corrected chi connectivity index (χ0v) is 11.0. The van der Waals surface area contributed by atoms with E-state index in [-0.39, 0.29) is 0 Å². The van der Waals surface area contributed by atoms with Gasteiger partial charge in [0.1, 0.15) is 6.07 Å². The zero-order valence-electron chi connectivity index (χ0n) is 10.2. The molecule has 0 amide bonds. The van der Waals surface area contributed by atoms with Gasteiger partial charge in [0.2, 0.25) is 0 Å². The number of nitrogens with one attached hydrogen (secondary N) is 1. The number of nitriles is 1. The molecule has 0 spiro atoms. The van der Waals surface area contributed by atoms with Crippen molar-refractivity contribution in [1.29, 1.82) is 5.26 Å². The van der Waals surface area contributed by atoms with Crippen LogP contribution in [0, 0.1) is 17.2 Å². The Bertz CT molecular complexity index is 494. The summed E-state index contributed by atoms with van der Waals surface area (Å²) in [6.07, 6.45) is 2.47. The topological polar surface area (TPSA) is 39.1 Å². The van der Waals surface area contributed by atoms with Gasteiger partial charge in [-0.3, -0.25) is 0 Å². The highest BCUT2D eigenvalue weighted by Crippen LogP contribution is 2.30. The van der Waals surface area contributed by atoms with Crippen molar-refractivity contribution in [3.63, 3.8) is 0 Å². The minimum Gasteiger partial charge on any atom is -0.371 e. The highest BCUT2D eigenvalue weighted by molar-refractivity contribution is 6.32. The number of benzene rings is 1. The molecule has 3 nitrogen and oxygen atoms in total. The quantitative estimate of drug-likeness (QED) is 0.844. The SMILES string of the molecule is N#Cc1ccc(N2CCC3NCCC3C2)cc1Cl. The maximum Gasteiger partial charge on any atom is 0.101 e. The number of hydrogen-bond donors (Lipinski definition) is 1. The lowest BCUT2D eigenvalue weighted by Gasteiger charge is -2.36. The summed E-state index contributed by atoms with van der Waals surface area (Å²) in [5.41, 5.74) is 1.70. The van der Waals surface area contributed by atoms with Gasteiger partial charge in [0.05, 0.1) is 10.6 Å². The second kappa shape index (κ2) is 4.79. The van der Waals surface area contributed by atoms with E-state index >= 15 is 0 Å². The lowest BCUT2D eigenvalue weighted by molar-refractivity contribution is 0.376. The molecule has 2 unspecified atom stereocenters. The Morgan fingerprint density at radius 2 is 2.28 bits per heavy atom. The van der Waals surface area contributed by atoms with Crippen LogP contribution in [0.4, 0.5) is 5.69 Å². The highest BCUT2D eigenvalue weighted by atomic mass is 35.5. The molecule has 2 fully saturated rings. The van der Waals surface area contributed by atoms with Crippen molar-refractivity contribution in [2.75, 3.05) is 24.5 Å². The minimum atomic E-state index is 0.554. The zero-order chi connectivity index (χ0) is 12.5. The molecule has 2 aliphatic rings. The fourth-order valence-corrected chi connectivity index (χ4v) is 3.29. The van der Waals surface area contributed by atoms with Crippen molar-refractivity contribution in [3.05, 3.63) is 28.8 Å². The fraction of sp³-hybridized carbons (Fsp3) is 0.500. The molecule has 2 heterocycles. The first-order valence-electron chi connectivity index (χ1n) is 6.46. The molecule has 1 N–H and O–H groups in total. The molecule has 4 heteroatoms. The van der Waals surface area contributed by atoms with Crippen molar-refractivity contribution in [3.8, 4) is 6.07 Å². The molecular weight excluding hydrogens is 246 g/mol. The standard InChI is InChI=1S/C14H16ClN3/c15-13-7-12(2-1-10(13)8-16)18-6-4-14-11(9-18)3-5-17-14/h1-2,7,11,14,17H,3-6,9H2. The molecule has 0 saturated carbocycles.